The number of carbonyl (C=O) groups is 1. The van der Waals surface area contributed by atoms with Gasteiger partial charge in [-0.15, -0.1) is 11.3 Å². The van der Waals surface area contributed by atoms with Crippen molar-refractivity contribution in [2.75, 3.05) is 7.11 Å². The number of rotatable bonds is 3. The first-order valence-corrected chi connectivity index (χ1v) is 8.07. The molecule has 2 aromatic rings. The van der Waals surface area contributed by atoms with Gasteiger partial charge in [0.15, 0.2) is 0 Å². The molecule has 3 nitrogen and oxygen atoms in total. The maximum Gasteiger partial charge on any atom is 0.317 e. The maximum absolute atomic E-state index is 12.3. The van der Waals surface area contributed by atoms with Crippen LogP contribution in [-0.2, 0) is 14.9 Å². The first-order chi connectivity index (χ1) is 9.57. The molecule has 0 saturated heterocycles. The van der Waals surface area contributed by atoms with E-state index in [0.717, 1.165) is 21.3 Å². The molecule has 2 aromatic heterocycles. The van der Waals surface area contributed by atoms with Crippen molar-refractivity contribution in [3.63, 3.8) is 0 Å². The van der Waals surface area contributed by atoms with E-state index in [1.165, 1.54) is 7.11 Å². The van der Waals surface area contributed by atoms with Gasteiger partial charge in [0, 0.05) is 26.8 Å². The predicted molar refractivity (Wildman–Crippen MR) is 82.3 cm³/mol. The second-order valence-electron chi connectivity index (χ2n) is 4.76. The number of pyridine rings is 1. The second-order valence-corrected chi connectivity index (χ2v) is 6.98. The van der Waals surface area contributed by atoms with E-state index in [1.54, 1.807) is 23.6 Å². The summed E-state index contributed by atoms with van der Waals surface area (Å²) in [6.45, 7) is 0. The van der Waals surface area contributed by atoms with E-state index in [0.29, 0.717) is 5.15 Å². The van der Waals surface area contributed by atoms with Crippen molar-refractivity contribution in [1.82, 2.24) is 4.98 Å². The Morgan fingerprint density at radius 1 is 1.60 bits per heavy atom. The lowest BCUT2D eigenvalue weighted by Gasteiger charge is -2.13. The van der Waals surface area contributed by atoms with Crippen molar-refractivity contribution in [2.24, 2.45) is 0 Å². The summed E-state index contributed by atoms with van der Waals surface area (Å²) >= 11 is 10.8. The van der Waals surface area contributed by atoms with Gasteiger partial charge in [-0.05, 0) is 40.0 Å². The molecule has 0 bridgehead atoms. The molecule has 2 heterocycles. The number of halogens is 2. The number of hydrogen-bond acceptors (Lipinski definition) is 4. The number of nitrogens with zero attached hydrogens (tertiary/aromatic N) is 1. The molecule has 6 heteroatoms. The zero-order valence-electron chi connectivity index (χ0n) is 10.6. The third kappa shape index (κ3) is 2.18. The summed E-state index contributed by atoms with van der Waals surface area (Å²) in [5.74, 6) is -0.0860. The van der Waals surface area contributed by atoms with Crippen LogP contribution in [-0.4, -0.2) is 18.1 Å². The van der Waals surface area contributed by atoms with Gasteiger partial charge in [0.2, 0.25) is 0 Å². The minimum absolute atomic E-state index is 0.102. The Labute approximate surface area is 134 Å². The van der Waals surface area contributed by atoms with Crippen molar-refractivity contribution in [2.45, 2.75) is 17.8 Å². The van der Waals surface area contributed by atoms with Gasteiger partial charge in [-0.1, -0.05) is 17.7 Å². The van der Waals surface area contributed by atoms with Crippen LogP contribution >= 0.6 is 38.9 Å². The van der Waals surface area contributed by atoms with Crippen molar-refractivity contribution in [3.8, 4) is 0 Å². The van der Waals surface area contributed by atoms with Crippen molar-refractivity contribution < 1.29 is 9.53 Å². The number of hydrogen-bond donors (Lipinski definition) is 0. The number of carbonyl (C=O) groups excluding carboxylic acids is 1. The summed E-state index contributed by atoms with van der Waals surface area (Å²) in [6, 6.07) is 5.67. The number of aromatic nitrogens is 1. The highest BCUT2D eigenvalue weighted by atomic mass is 79.9. The first-order valence-electron chi connectivity index (χ1n) is 6.02. The monoisotopic (exact) mass is 371 g/mol. The van der Waals surface area contributed by atoms with E-state index < -0.39 is 5.41 Å². The fourth-order valence-corrected chi connectivity index (χ4v) is 4.38. The summed E-state index contributed by atoms with van der Waals surface area (Å²) in [5.41, 5.74) is 0.449. The van der Waals surface area contributed by atoms with Gasteiger partial charge in [-0.3, -0.25) is 4.79 Å². The smallest absolute Gasteiger partial charge is 0.317 e. The molecule has 104 valence electrons. The van der Waals surface area contributed by atoms with Gasteiger partial charge in [0.1, 0.15) is 10.6 Å². The molecule has 0 aromatic carbocycles. The molecule has 0 radical (unpaired) electrons. The normalized spacial score (nSPS) is 24.4. The van der Waals surface area contributed by atoms with Gasteiger partial charge in [0.05, 0.1) is 7.11 Å². The molecule has 0 N–H and O–H groups in total. The summed E-state index contributed by atoms with van der Waals surface area (Å²) in [7, 11) is 1.43. The quantitative estimate of drug-likeness (QED) is 0.600. The fraction of sp³-hybridized carbons (Fsp3) is 0.286. The number of thiophene rings is 1. The predicted octanol–water partition coefficient (Wildman–Crippen LogP) is 4.16. The Bertz CT molecular complexity index is 657. The highest BCUT2D eigenvalue weighted by Gasteiger charge is 2.63. The molecule has 2 atom stereocenters. The van der Waals surface area contributed by atoms with Crippen LogP contribution in [0.1, 0.15) is 22.8 Å². The molecular formula is C14H11BrClNO2S. The largest absolute Gasteiger partial charge is 0.468 e. The average Bonchev–Trinajstić information content (AvgIpc) is 3.06. The highest BCUT2D eigenvalue weighted by molar-refractivity contribution is 9.10. The van der Waals surface area contributed by atoms with Crippen LogP contribution in [0.15, 0.2) is 34.2 Å². The van der Waals surface area contributed by atoms with Crippen molar-refractivity contribution >= 4 is 44.8 Å². The summed E-state index contributed by atoms with van der Waals surface area (Å²) < 4.78 is 6.01. The fourth-order valence-electron chi connectivity index (χ4n) is 2.59. The van der Waals surface area contributed by atoms with Crippen LogP contribution in [0.25, 0.3) is 0 Å². The lowest BCUT2D eigenvalue weighted by Crippen LogP contribution is -2.23. The highest BCUT2D eigenvalue weighted by Crippen LogP contribution is 2.62. The van der Waals surface area contributed by atoms with Crippen LogP contribution in [0, 0.1) is 0 Å². The molecule has 3 rings (SSSR count). The maximum atomic E-state index is 12.3. The Kier molecular flexibility index (Phi) is 3.60. The minimum atomic E-state index is -0.569. The summed E-state index contributed by atoms with van der Waals surface area (Å²) in [5, 5.41) is 2.44. The molecule has 1 aliphatic carbocycles. The Morgan fingerprint density at radius 2 is 2.40 bits per heavy atom. The molecule has 1 aliphatic rings. The van der Waals surface area contributed by atoms with Crippen LogP contribution in [0.5, 0.6) is 0 Å². The van der Waals surface area contributed by atoms with Crippen LogP contribution in [0.2, 0.25) is 5.15 Å². The van der Waals surface area contributed by atoms with Crippen molar-refractivity contribution in [3.05, 3.63) is 49.8 Å². The van der Waals surface area contributed by atoms with Crippen molar-refractivity contribution in [1.29, 1.82) is 0 Å². The standard InChI is InChI=1S/C14H11BrClNO2S/c1-19-13(18)14(11-4-9(15)7-20-11)5-10(14)8-2-3-12(16)17-6-8/h2-4,6-7,10H,5H2,1H3/t10-,14+/m1/s1. The van der Waals surface area contributed by atoms with Gasteiger partial charge in [-0.25, -0.2) is 4.98 Å². The first kappa shape index (κ1) is 14.0. The topological polar surface area (TPSA) is 39.2 Å². The molecule has 0 amide bonds. The number of ether oxygens (including phenoxy) is 1. The van der Waals surface area contributed by atoms with E-state index in [4.69, 9.17) is 16.3 Å². The molecule has 0 unspecified atom stereocenters. The average molecular weight is 373 g/mol. The molecule has 1 saturated carbocycles. The summed E-state index contributed by atoms with van der Waals surface area (Å²) in [4.78, 5) is 17.4. The lowest BCUT2D eigenvalue weighted by atomic mass is 9.98. The van der Waals surface area contributed by atoms with Crippen LogP contribution < -0.4 is 0 Å². The molecule has 1 fully saturated rings. The molecule has 20 heavy (non-hydrogen) atoms. The molecule has 0 spiro atoms. The Hall–Kier alpha value is -0.910. The van der Waals surface area contributed by atoms with E-state index in [9.17, 15) is 4.79 Å². The third-order valence-electron chi connectivity index (χ3n) is 3.67. The van der Waals surface area contributed by atoms with Crippen LogP contribution in [0.4, 0.5) is 0 Å². The van der Waals surface area contributed by atoms with Gasteiger partial charge in [0.25, 0.3) is 0 Å². The third-order valence-corrected chi connectivity index (χ3v) is 5.76. The Morgan fingerprint density at radius 3 is 2.95 bits per heavy atom. The van der Waals surface area contributed by atoms with E-state index >= 15 is 0 Å². The van der Waals surface area contributed by atoms with Crippen LogP contribution in [0.3, 0.4) is 0 Å². The zero-order valence-corrected chi connectivity index (χ0v) is 13.8. The SMILES string of the molecule is COC(=O)[C@@]1(c2cc(Br)cs2)C[C@@H]1c1ccc(Cl)nc1. The second kappa shape index (κ2) is 5.13. The molecular weight excluding hydrogens is 362 g/mol. The number of methoxy groups -OCH3 is 1. The van der Waals surface area contributed by atoms with E-state index in [1.807, 2.05) is 17.5 Å². The molecule has 0 aliphatic heterocycles. The Balaban J connectivity index is 1.99. The minimum Gasteiger partial charge on any atom is -0.468 e. The van der Waals surface area contributed by atoms with E-state index in [2.05, 4.69) is 20.9 Å². The van der Waals surface area contributed by atoms with E-state index in [-0.39, 0.29) is 11.9 Å². The lowest BCUT2D eigenvalue weighted by molar-refractivity contribution is -0.143. The summed E-state index contributed by atoms with van der Waals surface area (Å²) in [6.07, 6.45) is 2.48. The number of esters is 1. The zero-order chi connectivity index (χ0) is 14.3. The van der Waals surface area contributed by atoms with Gasteiger partial charge >= 0.3 is 5.97 Å². The van der Waals surface area contributed by atoms with Gasteiger partial charge in [-0.2, -0.15) is 0 Å². The van der Waals surface area contributed by atoms with Gasteiger partial charge < -0.3 is 4.74 Å².